The van der Waals surface area contributed by atoms with Gasteiger partial charge in [0.25, 0.3) is 0 Å². The summed E-state index contributed by atoms with van der Waals surface area (Å²) in [5.74, 6) is 4.62. The highest BCUT2D eigenvalue weighted by Crippen LogP contribution is 2.29. The molecule has 0 fully saturated rings. The minimum Gasteiger partial charge on any atom is -0.493 e. The molecule has 0 radical (unpaired) electrons. The lowest BCUT2D eigenvalue weighted by Gasteiger charge is -2.09. The average molecular weight is 250 g/mol. The summed E-state index contributed by atoms with van der Waals surface area (Å²) in [7, 11) is 1.39. The molecule has 0 aliphatic heterocycles. The van der Waals surface area contributed by atoms with Crippen molar-refractivity contribution in [2.45, 2.75) is 6.61 Å². The lowest BCUT2D eigenvalue weighted by Crippen LogP contribution is -2.03. The Morgan fingerprint density at radius 2 is 2.23 bits per heavy atom. The molecule has 0 spiro atoms. The molecule has 2 N–H and O–H groups in total. The molecule has 0 bridgehead atoms. The Balaban J connectivity index is 3.18. The van der Waals surface area contributed by atoms with Gasteiger partial charge in [0, 0.05) is 10.0 Å². The maximum Gasteiger partial charge on any atom is 0.165 e. The summed E-state index contributed by atoms with van der Waals surface area (Å²) >= 11 is 3.24. The molecule has 0 unspecified atom stereocenters. The number of hydrogen-bond acceptors (Lipinski definition) is 3. The van der Waals surface area contributed by atoms with E-state index in [1.165, 1.54) is 13.2 Å². The second-order valence-electron chi connectivity index (χ2n) is 2.35. The Bertz CT molecular complexity index is 306. The van der Waals surface area contributed by atoms with E-state index in [-0.39, 0.29) is 12.4 Å². The quantitative estimate of drug-likeness (QED) is 0.834. The van der Waals surface area contributed by atoms with E-state index in [9.17, 15) is 4.39 Å². The van der Waals surface area contributed by atoms with Gasteiger partial charge in [-0.25, -0.2) is 10.3 Å². The minimum atomic E-state index is -0.433. The lowest BCUT2D eigenvalue weighted by molar-refractivity contribution is 0.121. The summed E-state index contributed by atoms with van der Waals surface area (Å²) in [5, 5.41) is 0. The highest BCUT2D eigenvalue weighted by Gasteiger charge is 2.12. The molecular formula is C8H9BrFNO2. The van der Waals surface area contributed by atoms with Crippen LogP contribution in [0.1, 0.15) is 5.56 Å². The molecule has 0 aliphatic rings. The molecule has 0 saturated carbocycles. The summed E-state index contributed by atoms with van der Waals surface area (Å²) < 4.78 is 18.7. The Kier molecular flexibility index (Phi) is 3.65. The molecule has 1 aromatic carbocycles. The highest BCUT2D eigenvalue weighted by atomic mass is 79.9. The Hall–Kier alpha value is -0.650. The summed E-state index contributed by atoms with van der Waals surface area (Å²) in [6.45, 7) is 0.0987. The number of rotatable bonds is 3. The fraction of sp³-hybridized carbons (Fsp3) is 0.250. The van der Waals surface area contributed by atoms with Crippen LogP contribution in [0.3, 0.4) is 0 Å². The van der Waals surface area contributed by atoms with Gasteiger partial charge in [0.2, 0.25) is 0 Å². The standard InChI is InChI=1S/C8H9BrFNO2/c1-12-8-5(4-13-11)6(9)2-3-7(8)10/h2-3H,4,11H2,1H3. The predicted octanol–water partition coefficient (Wildman–Crippen LogP) is 1.99. The fourth-order valence-electron chi connectivity index (χ4n) is 1.01. The van der Waals surface area contributed by atoms with Crippen LogP contribution in [-0.4, -0.2) is 7.11 Å². The molecule has 72 valence electrons. The van der Waals surface area contributed by atoms with Crippen LogP contribution in [0.2, 0.25) is 0 Å². The van der Waals surface area contributed by atoms with Gasteiger partial charge in [0.05, 0.1) is 13.7 Å². The van der Waals surface area contributed by atoms with Gasteiger partial charge in [-0.2, -0.15) is 0 Å². The maximum absolute atomic E-state index is 13.1. The van der Waals surface area contributed by atoms with E-state index in [0.29, 0.717) is 10.0 Å². The molecule has 3 nitrogen and oxygen atoms in total. The van der Waals surface area contributed by atoms with Gasteiger partial charge < -0.3 is 4.74 Å². The normalized spacial score (nSPS) is 10.2. The number of hydrogen-bond donors (Lipinski definition) is 1. The van der Waals surface area contributed by atoms with Crippen LogP contribution in [0.15, 0.2) is 16.6 Å². The topological polar surface area (TPSA) is 44.5 Å². The minimum absolute atomic E-state index is 0.0987. The Morgan fingerprint density at radius 3 is 2.77 bits per heavy atom. The maximum atomic E-state index is 13.1. The van der Waals surface area contributed by atoms with E-state index in [4.69, 9.17) is 10.6 Å². The van der Waals surface area contributed by atoms with Crippen molar-refractivity contribution >= 4 is 15.9 Å². The average Bonchev–Trinajstić information content (AvgIpc) is 2.12. The van der Waals surface area contributed by atoms with Gasteiger partial charge in [0.15, 0.2) is 11.6 Å². The summed E-state index contributed by atoms with van der Waals surface area (Å²) in [6.07, 6.45) is 0. The van der Waals surface area contributed by atoms with Crippen molar-refractivity contribution < 1.29 is 14.0 Å². The van der Waals surface area contributed by atoms with Crippen LogP contribution in [0, 0.1) is 5.82 Å². The van der Waals surface area contributed by atoms with Gasteiger partial charge >= 0.3 is 0 Å². The van der Waals surface area contributed by atoms with Crippen LogP contribution in [0.4, 0.5) is 4.39 Å². The van der Waals surface area contributed by atoms with Crippen molar-refractivity contribution in [2.75, 3.05) is 7.11 Å². The molecule has 0 saturated heterocycles. The van der Waals surface area contributed by atoms with Crippen LogP contribution in [0.25, 0.3) is 0 Å². The number of nitrogens with two attached hydrogens (primary N) is 1. The second kappa shape index (κ2) is 4.55. The predicted molar refractivity (Wildman–Crippen MR) is 49.6 cm³/mol. The van der Waals surface area contributed by atoms with Crippen molar-refractivity contribution in [3.8, 4) is 5.75 Å². The number of benzene rings is 1. The SMILES string of the molecule is COc1c(F)ccc(Br)c1CON. The van der Waals surface area contributed by atoms with Crippen molar-refractivity contribution in [1.29, 1.82) is 0 Å². The third-order valence-corrected chi connectivity index (χ3v) is 2.33. The summed E-state index contributed by atoms with van der Waals surface area (Å²) in [4.78, 5) is 4.43. The number of halogens is 2. The third kappa shape index (κ3) is 2.18. The largest absolute Gasteiger partial charge is 0.493 e. The van der Waals surface area contributed by atoms with Gasteiger partial charge in [0.1, 0.15) is 0 Å². The van der Waals surface area contributed by atoms with E-state index in [1.807, 2.05) is 0 Å². The van der Waals surface area contributed by atoms with Gasteiger partial charge in [-0.05, 0) is 12.1 Å². The van der Waals surface area contributed by atoms with Gasteiger partial charge in [-0.1, -0.05) is 15.9 Å². The Labute approximate surface area is 83.7 Å². The molecule has 0 aromatic heterocycles. The molecule has 1 rings (SSSR count). The lowest BCUT2D eigenvalue weighted by atomic mass is 10.2. The first-order valence-electron chi connectivity index (χ1n) is 3.53. The molecule has 5 heteroatoms. The molecular weight excluding hydrogens is 241 g/mol. The van der Waals surface area contributed by atoms with E-state index in [1.54, 1.807) is 6.07 Å². The monoisotopic (exact) mass is 249 g/mol. The first-order valence-corrected chi connectivity index (χ1v) is 4.32. The zero-order valence-corrected chi connectivity index (χ0v) is 8.60. The van der Waals surface area contributed by atoms with Crippen LogP contribution in [0.5, 0.6) is 5.75 Å². The third-order valence-electron chi connectivity index (χ3n) is 1.59. The molecule has 13 heavy (non-hydrogen) atoms. The zero-order chi connectivity index (χ0) is 9.84. The van der Waals surface area contributed by atoms with E-state index < -0.39 is 5.82 Å². The molecule has 0 aliphatic carbocycles. The van der Waals surface area contributed by atoms with E-state index in [2.05, 4.69) is 20.8 Å². The molecule has 0 heterocycles. The van der Waals surface area contributed by atoms with Crippen molar-refractivity contribution in [2.24, 2.45) is 5.90 Å². The number of ether oxygens (including phenoxy) is 1. The fourth-order valence-corrected chi connectivity index (χ4v) is 1.44. The molecule has 0 atom stereocenters. The van der Waals surface area contributed by atoms with Crippen LogP contribution >= 0.6 is 15.9 Å². The van der Waals surface area contributed by atoms with Crippen molar-refractivity contribution in [1.82, 2.24) is 0 Å². The zero-order valence-electron chi connectivity index (χ0n) is 7.01. The summed E-state index contributed by atoms with van der Waals surface area (Å²) in [6, 6.07) is 2.88. The van der Waals surface area contributed by atoms with Crippen molar-refractivity contribution in [3.05, 3.63) is 28.0 Å². The smallest absolute Gasteiger partial charge is 0.165 e. The van der Waals surface area contributed by atoms with Gasteiger partial charge in [-0.15, -0.1) is 0 Å². The second-order valence-corrected chi connectivity index (χ2v) is 3.21. The van der Waals surface area contributed by atoms with E-state index in [0.717, 1.165) is 0 Å². The highest BCUT2D eigenvalue weighted by molar-refractivity contribution is 9.10. The number of methoxy groups -OCH3 is 1. The Morgan fingerprint density at radius 1 is 1.54 bits per heavy atom. The molecule has 0 amide bonds. The van der Waals surface area contributed by atoms with Gasteiger partial charge in [-0.3, -0.25) is 4.84 Å². The van der Waals surface area contributed by atoms with Crippen LogP contribution in [-0.2, 0) is 11.4 Å². The van der Waals surface area contributed by atoms with Crippen LogP contribution < -0.4 is 10.6 Å². The van der Waals surface area contributed by atoms with E-state index >= 15 is 0 Å². The first-order chi connectivity index (χ1) is 6.20. The van der Waals surface area contributed by atoms with Crippen molar-refractivity contribution in [3.63, 3.8) is 0 Å². The first kappa shape index (κ1) is 10.4. The summed E-state index contributed by atoms with van der Waals surface area (Å²) in [5.41, 5.74) is 0.560. The molecule has 1 aromatic rings.